The highest BCUT2D eigenvalue weighted by Gasteiger charge is 2.32. The topological polar surface area (TPSA) is 58.6 Å². The van der Waals surface area contributed by atoms with Crippen LogP contribution in [0.4, 0.5) is 0 Å². The summed E-state index contributed by atoms with van der Waals surface area (Å²) in [6.45, 7) is 11.3. The first-order chi connectivity index (χ1) is 15.3. The molecule has 2 atom stereocenters. The smallest absolute Gasteiger partial charge is 0.260 e. The van der Waals surface area contributed by atoms with Crippen molar-refractivity contribution in [2.45, 2.75) is 66.0 Å². The number of amides is 2. The first-order valence-electron chi connectivity index (χ1n) is 11.7. The third-order valence-electron chi connectivity index (χ3n) is 5.87. The number of benzene rings is 2. The monoisotopic (exact) mass is 436 g/mol. The molecule has 0 aliphatic carbocycles. The predicted molar refractivity (Wildman–Crippen MR) is 128 cm³/mol. The molecule has 5 nitrogen and oxygen atoms in total. The molecule has 0 saturated heterocycles. The Bertz CT molecular complexity index is 936. The van der Waals surface area contributed by atoms with E-state index < -0.39 is 6.10 Å². The molecule has 3 rings (SSSR count). The lowest BCUT2D eigenvalue weighted by Gasteiger charge is -2.38. The van der Waals surface area contributed by atoms with E-state index in [1.165, 1.54) is 11.1 Å². The summed E-state index contributed by atoms with van der Waals surface area (Å²) in [6.07, 6.45) is 1.65. The standard InChI is InChI=1S/C27H36N2O3/c1-6-14-28-27(31)20(5)32-23-12-11-21-13-15-29(25(30)16-18(2)3)26(24(21)17-23)22-9-7-19(4)8-10-22/h7-12,17-18,20,26H,6,13-16H2,1-5H3,(H,28,31). The summed E-state index contributed by atoms with van der Waals surface area (Å²) in [7, 11) is 0. The SMILES string of the molecule is CCCNC(=O)C(C)Oc1ccc2c(c1)C(c1ccc(C)cc1)N(C(=O)CC(C)C)CC2. The van der Waals surface area contributed by atoms with Crippen molar-refractivity contribution in [3.05, 3.63) is 64.7 Å². The van der Waals surface area contributed by atoms with Crippen LogP contribution in [0.2, 0.25) is 0 Å². The van der Waals surface area contributed by atoms with Gasteiger partial charge in [0.1, 0.15) is 5.75 Å². The maximum absolute atomic E-state index is 13.2. The van der Waals surface area contributed by atoms with Gasteiger partial charge in [0.05, 0.1) is 6.04 Å². The molecule has 2 amide bonds. The minimum atomic E-state index is -0.584. The van der Waals surface area contributed by atoms with Crippen molar-refractivity contribution >= 4 is 11.8 Å². The Kier molecular flexibility index (Phi) is 7.94. The van der Waals surface area contributed by atoms with Crippen LogP contribution in [-0.4, -0.2) is 35.9 Å². The number of nitrogens with zero attached hydrogens (tertiary/aromatic N) is 1. The highest BCUT2D eigenvalue weighted by Crippen LogP contribution is 2.38. The summed E-state index contributed by atoms with van der Waals surface area (Å²) < 4.78 is 5.99. The van der Waals surface area contributed by atoms with Crippen molar-refractivity contribution in [1.82, 2.24) is 10.2 Å². The van der Waals surface area contributed by atoms with Crippen LogP contribution < -0.4 is 10.1 Å². The molecule has 2 unspecified atom stereocenters. The molecule has 172 valence electrons. The maximum atomic E-state index is 13.2. The molecule has 0 bridgehead atoms. The molecule has 1 aliphatic heterocycles. The van der Waals surface area contributed by atoms with E-state index in [4.69, 9.17) is 4.74 Å². The molecule has 0 fully saturated rings. The summed E-state index contributed by atoms with van der Waals surface area (Å²) >= 11 is 0. The molecular formula is C27H36N2O3. The van der Waals surface area contributed by atoms with Gasteiger partial charge in [-0.25, -0.2) is 0 Å². The molecule has 1 N–H and O–H groups in total. The van der Waals surface area contributed by atoms with E-state index in [9.17, 15) is 9.59 Å². The van der Waals surface area contributed by atoms with Crippen LogP contribution >= 0.6 is 0 Å². The van der Waals surface area contributed by atoms with Crippen LogP contribution in [0.15, 0.2) is 42.5 Å². The van der Waals surface area contributed by atoms with Gasteiger partial charge in [0.25, 0.3) is 5.91 Å². The third kappa shape index (κ3) is 5.70. The zero-order valence-corrected chi connectivity index (χ0v) is 20.0. The van der Waals surface area contributed by atoms with Gasteiger partial charge < -0.3 is 15.0 Å². The Labute approximate surface area is 192 Å². The third-order valence-corrected chi connectivity index (χ3v) is 5.87. The second-order valence-corrected chi connectivity index (χ2v) is 9.16. The van der Waals surface area contributed by atoms with Crippen molar-refractivity contribution in [2.75, 3.05) is 13.1 Å². The minimum absolute atomic E-state index is 0.117. The second-order valence-electron chi connectivity index (χ2n) is 9.16. The van der Waals surface area contributed by atoms with Crippen LogP contribution in [0.5, 0.6) is 5.75 Å². The Hall–Kier alpha value is -2.82. The summed E-state index contributed by atoms with van der Waals surface area (Å²) in [6, 6.07) is 14.3. The number of nitrogens with one attached hydrogen (secondary N) is 1. The van der Waals surface area contributed by atoms with Gasteiger partial charge in [-0.2, -0.15) is 0 Å². The number of hydrogen-bond donors (Lipinski definition) is 1. The Morgan fingerprint density at radius 3 is 2.50 bits per heavy atom. The quantitative estimate of drug-likeness (QED) is 0.646. The van der Waals surface area contributed by atoms with E-state index >= 15 is 0 Å². The molecule has 1 aliphatic rings. The van der Waals surface area contributed by atoms with Crippen molar-refractivity contribution in [2.24, 2.45) is 5.92 Å². The van der Waals surface area contributed by atoms with Crippen LogP contribution in [0.1, 0.15) is 68.8 Å². The van der Waals surface area contributed by atoms with E-state index in [0.29, 0.717) is 31.2 Å². The number of fused-ring (bicyclic) bond motifs is 1. The summed E-state index contributed by atoms with van der Waals surface area (Å²) in [5.74, 6) is 1.01. The van der Waals surface area contributed by atoms with Gasteiger partial charge in [-0.15, -0.1) is 0 Å². The van der Waals surface area contributed by atoms with Crippen molar-refractivity contribution in [3.8, 4) is 5.75 Å². The average Bonchev–Trinajstić information content (AvgIpc) is 2.76. The van der Waals surface area contributed by atoms with E-state index in [-0.39, 0.29) is 17.9 Å². The van der Waals surface area contributed by atoms with E-state index in [2.05, 4.69) is 56.4 Å². The highest BCUT2D eigenvalue weighted by atomic mass is 16.5. The van der Waals surface area contributed by atoms with Gasteiger partial charge in [-0.1, -0.05) is 56.7 Å². The average molecular weight is 437 g/mol. The minimum Gasteiger partial charge on any atom is -0.481 e. The summed E-state index contributed by atoms with van der Waals surface area (Å²) in [5, 5.41) is 2.88. The van der Waals surface area contributed by atoms with E-state index in [1.54, 1.807) is 6.92 Å². The lowest BCUT2D eigenvalue weighted by atomic mass is 9.87. The molecule has 0 saturated carbocycles. The number of hydrogen-bond acceptors (Lipinski definition) is 3. The zero-order valence-electron chi connectivity index (χ0n) is 20.0. The number of aryl methyl sites for hydroxylation is 1. The lowest BCUT2D eigenvalue weighted by molar-refractivity contribution is -0.134. The molecule has 1 heterocycles. The highest BCUT2D eigenvalue weighted by molar-refractivity contribution is 5.80. The van der Waals surface area contributed by atoms with E-state index in [1.807, 2.05) is 24.0 Å². The fraction of sp³-hybridized carbons (Fsp3) is 0.481. The van der Waals surface area contributed by atoms with Crippen LogP contribution in [-0.2, 0) is 16.0 Å². The number of ether oxygens (including phenoxy) is 1. The summed E-state index contributed by atoms with van der Waals surface area (Å²) in [5.41, 5.74) is 4.59. The van der Waals surface area contributed by atoms with E-state index in [0.717, 1.165) is 24.0 Å². The number of carbonyl (C=O) groups is 2. The lowest BCUT2D eigenvalue weighted by Crippen LogP contribution is -2.41. The van der Waals surface area contributed by atoms with Gasteiger partial charge in [-0.3, -0.25) is 9.59 Å². The van der Waals surface area contributed by atoms with Crippen LogP contribution in [0.25, 0.3) is 0 Å². The molecule has 5 heteroatoms. The van der Waals surface area contributed by atoms with Gasteiger partial charge in [0.15, 0.2) is 6.10 Å². The number of carbonyl (C=O) groups excluding carboxylic acids is 2. The summed E-state index contributed by atoms with van der Waals surface area (Å²) in [4.78, 5) is 27.4. The Morgan fingerprint density at radius 2 is 1.84 bits per heavy atom. The maximum Gasteiger partial charge on any atom is 0.260 e. The predicted octanol–water partition coefficient (Wildman–Crippen LogP) is 4.81. The molecule has 0 spiro atoms. The van der Waals surface area contributed by atoms with Crippen molar-refractivity contribution < 1.29 is 14.3 Å². The van der Waals surface area contributed by atoms with Crippen LogP contribution in [0, 0.1) is 12.8 Å². The van der Waals surface area contributed by atoms with Gasteiger partial charge in [-0.05, 0) is 61.4 Å². The fourth-order valence-electron chi connectivity index (χ4n) is 4.16. The molecule has 0 radical (unpaired) electrons. The zero-order chi connectivity index (χ0) is 23.3. The molecule has 2 aromatic rings. The van der Waals surface area contributed by atoms with Crippen molar-refractivity contribution in [1.29, 1.82) is 0 Å². The molecule has 0 aromatic heterocycles. The van der Waals surface area contributed by atoms with Gasteiger partial charge >= 0.3 is 0 Å². The van der Waals surface area contributed by atoms with Gasteiger partial charge in [0, 0.05) is 19.5 Å². The molecule has 2 aromatic carbocycles. The number of rotatable bonds is 8. The molecular weight excluding hydrogens is 400 g/mol. The Balaban J connectivity index is 1.94. The second kappa shape index (κ2) is 10.7. The van der Waals surface area contributed by atoms with Crippen LogP contribution in [0.3, 0.4) is 0 Å². The largest absolute Gasteiger partial charge is 0.481 e. The Morgan fingerprint density at radius 1 is 1.12 bits per heavy atom. The molecule has 32 heavy (non-hydrogen) atoms. The van der Waals surface area contributed by atoms with Gasteiger partial charge in [0.2, 0.25) is 5.91 Å². The first-order valence-corrected chi connectivity index (χ1v) is 11.7. The normalized spacial score (nSPS) is 16.4. The van der Waals surface area contributed by atoms with Crippen molar-refractivity contribution in [3.63, 3.8) is 0 Å². The fourth-order valence-corrected chi connectivity index (χ4v) is 4.16. The first kappa shape index (κ1) is 23.8.